The van der Waals surface area contributed by atoms with Gasteiger partial charge in [-0.15, -0.1) is 0 Å². The minimum Gasteiger partial charge on any atom is -0.373 e. The summed E-state index contributed by atoms with van der Waals surface area (Å²) in [5.74, 6) is -0.137. The monoisotopic (exact) mass is 205 g/mol. The van der Waals surface area contributed by atoms with Gasteiger partial charge in [-0.3, -0.25) is 4.79 Å². The fraction of sp³-hybridized carbons (Fsp3) is 0.250. The SMILES string of the molecule is CN1C=CC(=O)CC1c1ccc(F)cc1. The molecule has 1 aromatic carbocycles. The number of carbonyl (C=O) groups excluding carboxylic acids is 1. The molecule has 0 saturated carbocycles. The van der Waals surface area contributed by atoms with Gasteiger partial charge in [0, 0.05) is 19.7 Å². The first kappa shape index (κ1) is 9.90. The van der Waals surface area contributed by atoms with Crippen LogP contribution in [-0.2, 0) is 4.79 Å². The molecule has 2 rings (SSSR count). The van der Waals surface area contributed by atoms with Gasteiger partial charge in [-0.2, -0.15) is 0 Å². The molecule has 3 heteroatoms. The fourth-order valence-electron chi connectivity index (χ4n) is 1.75. The van der Waals surface area contributed by atoms with Gasteiger partial charge in [0.05, 0.1) is 6.04 Å². The summed E-state index contributed by atoms with van der Waals surface area (Å²) in [6.07, 6.45) is 3.79. The highest BCUT2D eigenvalue weighted by molar-refractivity contribution is 5.90. The van der Waals surface area contributed by atoms with E-state index < -0.39 is 0 Å². The summed E-state index contributed by atoms with van der Waals surface area (Å²) in [7, 11) is 1.91. The summed E-state index contributed by atoms with van der Waals surface area (Å²) < 4.78 is 12.7. The van der Waals surface area contributed by atoms with E-state index >= 15 is 0 Å². The zero-order valence-corrected chi connectivity index (χ0v) is 8.48. The van der Waals surface area contributed by atoms with E-state index in [-0.39, 0.29) is 17.6 Å². The summed E-state index contributed by atoms with van der Waals surface area (Å²) >= 11 is 0. The number of hydrogen-bond donors (Lipinski definition) is 0. The third-order valence-corrected chi connectivity index (χ3v) is 2.64. The zero-order chi connectivity index (χ0) is 10.8. The van der Waals surface area contributed by atoms with Crippen LogP contribution in [0.5, 0.6) is 0 Å². The second-order valence-corrected chi connectivity index (χ2v) is 3.72. The molecular weight excluding hydrogens is 193 g/mol. The fourth-order valence-corrected chi connectivity index (χ4v) is 1.75. The summed E-state index contributed by atoms with van der Waals surface area (Å²) in [5, 5.41) is 0. The Hall–Kier alpha value is -1.64. The van der Waals surface area contributed by atoms with E-state index in [0.29, 0.717) is 6.42 Å². The van der Waals surface area contributed by atoms with E-state index in [0.717, 1.165) is 5.56 Å². The van der Waals surface area contributed by atoms with E-state index in [1.54, 1.807) is 24.4 Å². The Morgan fingerprint density at radius 3 is 2.67 bits per heavy atom. The Balaban J connectivity index is 2.27. The van der Waals surface area contributed by atoms with Crippen molar-refractivity contribution in [2.75, 3.05) is 7.05 Å². The molecule has 0 aliphatic carbocycles. The Bertz CT molecular complexity index is 397. The highest BCUT2D eigenvalue weighted by atomic mass is 19.1. The van der Waals surface area contributed by atoms with Crippen LogP contribution in [0.1, 0.15) is 18.0 Å². The lowest BCUT2D eigenvalue weighted by molar-refractivity contribution is -0.116. The van der Waals surface area contributed by atoms with Gasteiger partial charge in [0.2, 0.25) is 0 Å². The first-order valence-corrected chi connectivity index (χ1v) is 4.85. The predicted octanol–water partition coefficient (Wildman–Crippen LogP) is 2.29. The molecule has 1 heterocycles. The molecule has 78 valence electrons. The van der Waals surface area contributed by atoms with Crippen LogP contribution in [0.2, 0.25) is 0 Å². The summed E-state index contributed by atoms with van der Waals surface area (Å²) in [6, 6.07) is 6.33. The van der Waals surface area contributed by atoms with Crippen molar-refractivity contribution in [3.8, 4) is 0 Å². The molecule has 0 amide bonds. The van der Waals surface area contributed by atoms with Crippen LogP contribution < -0.4 is 0 Å². The van der Waals surface area contributed by atoms with Crippen LogP contribution in [0.4, 0.5) is 4.39 Å². The third kappa shape index (κ3) is 2.06. The molecule has 1 unspecified atom stereocenters. The number of allylic oxidation sites excluding steroid dienone is 1. The maximum absolute atomic E-state index is 12.7. The average Bonchev–Trinajstić information content (AvgIpc) is 2.23. The highest BCUT2D eigenvalue weighted by Crippen LogP contribution is 2.26. The molecule has 0 saturated heterocycles. The molecule has 0 bridgehead atoms. The molecule has 0 fully saturated rings. The largest absolute Gasteiger partial charge is 0.373 e. The quantitative estimate of drug-likeness (QED) is 0.701. The van der Waals surface area contributed by atoms with Crippen LogP contribution in [0, 0.1) is 5.82 Å². The Kier molecular flexibility index (Phi) is 2.54. The molecule has 1 aromatic rings. The number of rotatable bonds is 1. The van der Waals surface area contributed by atoms with E-state index in [4.69, 9.17) is 0 Å². The maximum Gasteiger partial charge on any atom is 0.159 e. The van der Waals surface area contributed by atoms with Gasteiger partial charge >= 0.3 is 0 Å². The average molecular weight is 205 g/mol. The standard InChI is InChI=1S/C12H12FNO/c1-14-7-6-11(15)8-12(14)9-2-4-10(13)5-3-9/h2-7,12H,8H2,1H3. The topological polar surface area (TPSA) is 20.3 Å². The summed E-state index contributed by atoms with van der Waals surface area (Å²) in [5.41, 5.74) is 0.969. The molecule has 1 atom stereocenters. The van der Waals surface area contributed by atoms with Crippen molar-refractivity contribution in [3.63, 3.8) is 0 Å². The smallest absolute Gasteiger partial charge is 0.159 e. The van der Waals surface area contributed by atoms with Gasteiger partial charge in [0.1, 0.15) is 5.82 Å². The van der Waals surface area contributed by atoms with Crippen molar-refractivity contribution in [3.05, 3.63) is 47.9 Å². The van der Waals surface area contributed by atoms with Crippen molar-refractivity contribution in [2.24, 2.45) is 0 Å². The number of carbonyl (C=O) groups is 1. The van der Waals surface area contributed by atoms with E-state index in [1.807, 2.05) is 11.9 Å². The molecule has 0 aromatic heterocycles. The predicted molar refractivity (Wildman–Crippen MR) is 55.7 cm³/mol. The molecule has 0 N–H and O–H groups in total. The number of halogens is 1. The van der Waals surface area contributed by atoms with Gasteiger partial charge < -0.3 is 4.90 Å². The van der Waals surface area contributed by atoms with Gasteiger partial charge in [-0.05, 0) is 23.8 Å². The van der Waals surface area contributed by atoms with Crippen molar-refractivity contribution in [1.82, 2.24) is 4.90 Å². The van der Waals surface area contributed by atoms with Gasteiger partial charge in [0.25, 0.3) is 0 Å². The lowest BCUT2D eigenvalue weighted by atomic mass is 9.98. The first-order valence-electron chi connectivity index (χ1n) is 4.85. The molecule has 2 nitrogen and oxygen atoms in total. The van der Waals surface area contributed by atoms with Crippen molar-refractivity contribution >= 4 is 5.78 Å². The lowest BCUT2D eigenvalue weighted by Gasteiger charge is -2.29. The first-order chi connectivity index (χ1) is 7.16. The Morgan fingerprint density at radius 1 is 1.33 bits per heavy atom. The normalized spacial score (nSPS) is 20.8. The summed E-state index contributed by atoms with van der Waals surface area (Å²) in [4.78, 5) is 13.2. The zero-order valence-electron chi connectivity index (χ0n) is 8.48. The highest BCUT2D eigenvalue weighted by Gasteiger charge is 2.21. The van der Waals surface area contributed by atoms with Crippen molar-refractivity contribution in [1.29, 1.82) is 0 Å². The molecule has 0 spiro atoms. The number of nitrogens with zero attached hydrogens (tertiary/aromatic N) is 1. The Morgan fingerprint density at radius 2 is 2.00 bits per heavy atom. The molecular formula is C12H12FNO. The molecule has 1 aliphatic heterocycles. The van der Waals surface area contributed by atoms with Gasteiger partial charge in [-0.25, -0.2) is 4.39 Å². The molecule has 15 heavy (non-hydrogen) atoms. The van der Waals surface area contributed by atoms with Crippen molar-refractivity contribution < 1.29 is 9.18 Å². The van der Waals surface area contributed by atoms with E-state index in [9.17, 15) is 9.18 Å². The molecule has 0 radical (unpaired) electrons. The van der Waals surface area contributed by atoms with Gasteiger partial charge in [-0.1, -0.05) is 12.1 Å². The number of ketones is 1. The van der Waals surface area contributed by atoms with Crippen LogP contribution in [-0.4, -0.2) is 17.7 Å². The number of hydrogen-bond acceptors (Lipinski definition) is 2. The van der Waals surface area contributed by atoms with Crippen LogP contribution >= 0.6 is 0 Å². The summed E-state index contributed by atoms with van der Waals surface area (Å²) in [6.45, 7) is 0. The van der Waals surface area contributed by atoms with E-state index in [1.165, 1.54) is 12.1 Å². The minimum atomic E-state index is -0.251. The van der Waals surface area contributed by atoms with Crippen molar-refractivity contribution in [2.45, 2.75) is 12.5 Å². The van der Waals surface area contributed by atoms with Gasteiger partial charge in [0.15, 0.2) is 5.78 Å². The third-order valence-electron chi connectivity index (χ3n) is 2.64. The minimum absolute atomic E-state index is 0.0306. The van der Waals surface area contributed by atoms with Crippen LogP contribution in [0.3, 0.4) is 0 Å². The lowest BCUT2D eigenvalue weighted by Crippen LogP contribution is -2.25. The Labute approximate surface area is 88.0 Å². The van der Waals surface area contributed by atoms with Crippen LogP contribution in [0.25, 0.3) is 0 Å². The second-order valence-electron chi connectivity index (χ2n) is 3.72. The maximum atomic E-state index is 12.7. The second kappa shape index (κ2) is 3.85. The molecule has 1 aliphatic rings. The van der Waals surface area contributed by atoms with E-state index in [2.05, 4.69) is 0 Å². The van der Waals surface area contributed by atoms with Crippen LogP contribution in [0.15, 0.2) is 36.5 Å². The number of benzene rings is 1.